The number of allylic oxidation sites excluding steroid dienone is 1. The molecular formula is C17H11Cl2N3O3S2. The van der Waals surface area contributed by atoms with E-state index in [9.17, 15) is 14.9 Å². The molecule has 6 nitrogen and oxygen atoms in total. The fourth-order valence-corrected chi connectivity index (χ4v) is 4.55. The fourth-order valence-electron chi connectivity index (χ4n) is 2.30. The van der Waals surface area contributed by atoms with Crippen molar-refractivity contribution >= 4 is 73.1 Å². The van der Waals surface area contributed by atoms with Crippen LogP contribution in [0.5, 0.6) is 0 Å². The van der Waals surface area contributed by atoms with E-state index in [0.717, 1.165) is 16.0 Å². The first-order valence-corrected chi connectivity index (χ1v) is 9.89. The van der Waals surface area contributed by atoms with E-state index in [1.807, 2.05) is 6.07 Å². The van der Waals surface area contributed by atoms with Gasteiger partial charge in [-0.25, -0.2) is 0 Å². The summed E-state index contributed by atoms with van der Waals surface area (Å²) in [5, 5.41) is 11.5. The largest absolute Gasteiger partial charge is 0.324 e. The number of nitrogens with zero attached hydrogens (tertiary/aromatic N) is 3. The van der Waals surface area contributed by atoms with Crippen LogP contribution in [0.25, 0.3) is 16.3 Å². The quantitative estimate of drug-likeness (QED) is 0.234. The van der Waals surface area contributed by atoms with Crippen LogP contribution in [0.1, 0.15) is 4.88 Å². The number of benzene rings is 1. The summed E-state index contributed by atoms with van der Waals surface area (Å²) in [4.78, 5) is 27.6. The van der Waals surface area contributed by atoms with Gasteiger partial charge in [0, 0.05) is 23.6 Å². The van der Waals surface area contributed by atoms with E-state index in [1.165, 1.54) is 29.6 Å². The summed E-state index contributed by atoms with van der Waals surface area (Å²) >= 11 is 14.7. The van der Waals surface area contributed by atoms with Gasteiger partial charge in [0.25, 0.3) is 5.91 Å². The Bertz CT molecular complexity index is 1160. The van der Waals surface area contributed by atoms with Gasteiger partial charge < -0.3 is 4.57 Å². The summed E-state index contributed by atoms with van der Waals surface area (Å²) in [6.45, 7) is 4.13. The molecule has 0 radical (unpaired) electrons. The number of rotatable bonds is 5. The van der Waals surface area contributed by atoms with Gasteiger partial charge in [0.2, 0.25) is 0 Å². The van der Waals surface area contributed by atoms with Crippen LogP contribution >= 0.6 is 45.9 Å². The minimum Gasteiger partial charge on any atom is -0.311 e. The number of fused-ring (bicyclic) bond motifs is 1. The highest BCUT2D eigenvalue weighted by atomic mass is 35.5. The Hall–Kier alpha value is -2.26. The highest BCUT2D eigenvalue weighted by molar-refractivity contribution is 7.16. The maximum Gasteiger partial charge on any atom is 0.324 e. The number of amides is 1. The van der Waals surface area contributed by atoms with Crippen LogP contribution in [0.15, 0.2) is 48.0 Å². The lowest BCUT2D eigenvalue weighted by molar-refractivity contribution is -0.380. The lowest BCUT2D eigenvalue weighted by atomic mass is 10.3. The molecule has 0 aliphatic rings. The summed E-state index contributed by atoms with van der Waals surface area (Å²) in [7, 11) is 0. The zero-order valence-corrected chi connectivity index (χ0v) is 16.7. The molecule has 0 aliphatic heterocycles. The Morgan fingerprint density at radius 2 is 2.07 bits per heavy atom. The molecule has 0 atom stereocenters. The molecule has 3 aromatic rings. The smallest absolute Gasteiger partial charge is 0.311 e. The van der Waals surface area contributed by atoms with Gasteiger partial charge in [-0.05, 0) is 24.3 Å². The summed E-state index contributed by atoms with van der Waals surface area (Å²) < 4.78 is 2.61. The predicted octanol–water partition coefficient (Wildman–Crippen LogP) is 5.31. The zero-order chi connectivity index (χ0) is 19.6. The van der Waals surface area contributed by atoms with Crippen molar-refractivity contribution in [3.63, 3.8) is 0 Å². The van der Waals surface area contributed by atoms with E-state index in [-0.39, 0.29) is 5.00 Å². The van der Waals surface area contributed by atoms with Gasteiger partial charge in [-0.3, -0.25) is 14.9 Å². The zero-order valence-electron chi connectivity index (χ0n) is 13.6. The number of nitro groups is 1. The first kappa shape index (κ1) is 19.5. The molecule has 0 aliphatic carbocycles. The Morgan fingerprint density at radius 1 is 1.30 bits per heavy atom. The molecule has 0 spiro atoms. The molecule has 2 aromatic heterocycles. The number of thiazole rings is 1. The lowest BCUT2D eigenvalue weighted by Gasteiger charge is -2.03. The van der Waals surface area contributed by atoms with Crippen molar-refractivity contribution in [1.29, 1.82) is 0 Å². The van der Waals surface area contributed by atoms with Crippen LogP contribution in [-0.2, 0) is 11.3 Å². The van der Waals surface area contributed by atoms with Crippen molar-refractivity contribution in [3.05, 3.63) is 72.8 Å². The first-order chi connectivity index (χ1) is 12.9. The summed E-state index contributed by atoms with van der Waals surface area (Å²) in [6.07, 6.45) is 4.44. The third-order valence-corrected chi connectivity index (χ3v) is 6.27. The lowest BCUT2D eigenvalue weighted by Crippen LogP contribution is -2.15. The number of carbonyl (C=O) groups is 1. The molecule has 138 valence electrons. The molecule has 0 N–H and O–H groups in total. The number of aromatic nitrogens is 1. The summed E-state index contributed by atoms with van der Waals surface area (Å²) in [6, 6.07) is 6.47. The average Bonchev–Trinajstić information content (AvgIpc) is 3.23. The second kappa shape index (κ2) is 8.18. The van der Waals surface area contributed by atoms with Gasteiger partial charge in [0.05, 0.1) is 25.2 Å². The first-order valence-electron chi connectivity index (χ1n) is 7.50. The van der Waals surface area contributed by atoms with Crippen molar-refractivity contribution in [3.8, 4) is 0 Å². The molecule has 0 saturated carbocycles. The minimum absolute atomic E-state index is 0.0129. The SMILES string of the molecule is C=CCn1c(=NC(=O)/C=C/c2ccc([N+](=O)[O-])s2)sc2ccc(Cl)c(Cl)c21. The van der Waals surface area contributed by atoms with Gasteiger partial charge in [-0.1, -0.05) is 52.0 Å². The molecule has 0 bridgehead atoms. The van der Waals surface area contributed by atoms with E-state index < -0.39 is 10.8 Å². The maximum absolute atomic E-state index is 12.2. The summed E-state index contributed by atoms with van der Waals surface area (Å²) in [5.74, 6) is -0.488. The second-order valence-electron chi connectivity index (χ2n) is 5.21. The van der Waals surface area contributed by atoms with Crippen LogP contribution in [-0.4, -0.2) is 15.4 Å². The van der Waals surface area contributed by atoms with Gasteiger partial charge in [0.15, 0.2) is 4.80 Å². The third kappa shape index (κ3) is 4.19. The predicted molar refractivity (Wildman–Crippen MR) is 111 cm³/mol. The van der Waals surface area contributed by atoms with Gasteiger partial charge in [0.1, 0.15) is 0 Å². The van der Waals surface area contributed by atoms with Crippen molar-refractivity contribution in [2.24, 2.45) is 4.99 Å². The monoisotopic (exact) mass is 439 g/mol. The van der Waals surface area contributed by atoms with E-state index in [1.54, 1.807) is 22.8 Å². The molecular weight excluding hydrogens is 429 g/mol. The molecule has 27 heavy (non-hydrogen) atoms. The molecule has 10 heteroatoms. The third-order valence-electron chi connectivity index (χ3n) is 3.43. The minimum atomic E-state index is -0.488. The van der Waals surface area contributed by atoms with E-state index in [4.69, 9.17) is 23.2 Å². The van der Waals surface area contributed by atoms with E-state index in [2.05, 4.69) is 11.6 Å². The van der Waals surface area contributed by atoms with Crippen molar-refractivity contribution < 1.29 is 9.72 Å². The Kier molecular flexibility index (Phi) is 5.91. The standard InChI is InChI=1S/C17H11Cl2N3O3S2/c1-2-9-21-16-12(6-5-11(18)15(16)19)27-17(21)20-13(23)7-3-10-4-8-14(26-10)22(24)25/h2-8H,1,9H2/b7-3+,20-17?. The topological polar surface area (TPSA) is 77.5 Å². The number of halogens is 2. The molecule has 2 heterocycles. The maximum atomic E-state index is 12.2. The summed E-state index contributed by atoms with van der Waals surface area (Å²) in [5.41, 5.74) is 0.693. The normalized spacial score (nSPS) is 12.1. The Labute approximate surface area is 171 Å². The number of carbonyl (C=O) groups excluding carboxylic acids is 1. The Balaban J connectivity index is 1.98. The molecule has 0 fully saturated rings. The second-order valence-corrected chi connectivity index (χ2v) is 8.10. The van der Waals surface area contributed by atoms with Crippen LogP contribution < -0.4 is 4.80 Å². The highest BCUT2D eigenvalue weighted by Gasteiger charge is 2.12. The fraction of sp³-hybridized carbons (Fsp3) is 0.0588. The van der Waals surface area contributed by atoms with Crippen LogP contribution in [0.3, 0.4) is 0 Å². The Morgan fingerprint density at radius 3 is 2.74 bits per heavy atom. The molecule has 0 saturated heterocycles. The van der Waals surface area contributed by atoms with E-state index >= 15 is 0 Å². The van der Waals surface area contributed by atoms with E-state index in [0.29, 0.717) is 31.8 Å². The van der Waals surface area contributed by atoms with Crippen molar-refractivity contribution in [2.45, 2.75) is 6.54 Å². The molecule has 1 amide bonds. The van der Waals surface area contributed by atoms with Crippen molar-refractivity contribution in [1.82, 2.24) is 4.57 Å². The average molecular weight is 440 g/mol. The number of hydrogen-bond donors (Lipinski definition) is 0. The highest BCUT2D eigenvalue weighted by Crippen LogP contribution is 2.32. The molecule has 1 aromatic carbocycles. The van der Waals surface area contributed by atoms with Gasteiger partial charge in [-0.15, -0.1) is 6.58 Å². The van der Waals surface area contributed by atoms with Crippen molar-refractivity contribution in [2.75, 3.05) is 0 Å². The molecule has 3 rings (SSSR count). The van der Waals surface area contributed by atoms with Crippen LogP contribution in [0.4, 0.5) is 5.00 Å². The number of hydrogen-bond acceptors (Lipinski definition) is 5. The van der Waals surface area contributed by atoms with Crippen LogP contribution in [0.2, 0.25) is 10.0 Å². The van der Waals surface area contributed by atoms with Gasteiger partial charge >= 0.3 is 5.00 Å². The number of thiophene rings is 1. The van der Waals surface area contributed by atoms with Crippen LogP contribution in [0, 0.1) is 10.1 Å². The molecule has 0 unspecified atom stereocenters. The van der Waals surface area contributed by atoms with Gasteiger partial charge in [-0.2, -0.15) is 4.99 Å².